The Hall–Kier alpha value is -1.09. The zero-order valence-electron chi connectivity index (χ0n) is 7.91. The lowest BCUT2D eigenvalue weighted by molar-refractivity contribution is 0.112. The minimum absolute atomic E-state index is 0.767. The Labute approximate surface area is 82.5 Å². The number of nitrogens with zero attached hydrogens (tertiary/aromatic N) is 1. The highest BCUT2D eigenvalue weighted by Gasteiger charge is 2.03. The maximum atomic E-state index is 10.4. The molecule has 0 aliphatic rings. The maximum absolute atomic E-state index is 10.4. The Morgan fingerprint density at radius 2 is 2.38 bits per heavy atom. The van der Waals surface area contributed by atoms with Crippen LogP contribution in [0.5, 0.6) is 0 Å². The second-order valence-electron chi connectivity index (χ2n) is 3.11. The largest absolute Gasteiger partial charge is 0.363 e. The Kier molecular flexibility index (Phi) is 3.25. The molecule has 1 heterocycles. The fraction of sp³-hybridized carbons (Fsp3) is 0.300. The standard InChI is InChI=1S/C10H13NOS/c1-8(2)6-11(3)10-5-4-9(7-12)13-10/h4-5,7H,1,6H2,2-3H3. The van der Waals surface area contributed by atoms with Crippen molar-refractivity contribution in [2.24, 2.45) is 0 Å². The van der Waals surface area contributed by atoms with Crippen molar-refractivity contribution >= 4 is 22.6 Å². The van der Waals surface area contributed by atoms with Crippen molar-refractivity contribution in [1.82, 2.24) is 0 Å². The molecule has 0 aliphatic carbocycles. The highest BCUT2D eigenvalue weighted by Crippen LogP contribution is 2.24. The van der Waals surface area contributed by atoms with Gasteiger partial charge in [0, 0.05) is 13.6 Å². The predicted octanol–water partition coefficient (Wildman–Crippen LogP) is 2.57. The van der Waals surface area contributed by atoms with E-state index in [2.05, 4.69) is 11.5 Å². The number of likely N-dealkylation sites (N-methyl/N-ethyl adjacent to an activating group) is 1. The van der Waals surface area contributed by atoms with Gasteiger partial charge >= 0.3 is 0 Å². The van der Waals surface area contributed by atoms with Gasteiger partial charge in [0.2, 0.25) is 0 Å². The van der Waals surface area contributed by atoms with Crippen LogP contribution in [-0.4, -0.2) is 19.9 Å². The highest BCUT2D eigenvalue weighted by molar-refractivity contribution is 7.17. The Morgan fingerprint density at radius 3 is 2.85 bits per heavy atom. The van der Waals surface area contributed by atoms with Crippen molar-refractivity contribution in [3.63, 3.8) is 0 Å². The van der Waals surface area contributed by atoms with Gasteiger partial charge in [0.15, 0.2) is 6.29 Å². The molecule has 0 spiro atoms. The topological polar surface area (TPSA) is 20.3 Å². The molecule has 0 saturated carbocycles. The summed E-state index contributed by atoms with van der Waals surface area (Å²) < 4.78 is 0. The molecule has 0 bridgehead atoms. The minimum Gasteiger partial charge on any atom is -0.363 e. The predicted molar refractivity (Wildman–Crippen MR) is 57.8 cm³/mol. The number of carbonyl (C=O) groups is 1. The Bertz CT molecular complexity index is 316. The first-order valence-corrected chi connectivity index (χ1v) is 4.85. The third-order valence-electron chi connectivity index (χ3n) is 1.61. The van der Waals surface area contributed by atoms with Gasteiger partial charge in [0.25, 0.3) is 0 Å². The summed E-state index contributed by atoms with van der Waals surface area (Å²) in [6, 6.07) is 3.79. The first-order chi connectivity index (χ1) is 6.13. The van der Waals surface area contributed by atoms with Crippen molar-refractivity contribution in [2.45, 2.75) is 6.92 Å². The van der Waals surface area contributed by atoms with Gasteiger partial charge in [0.1, 0.15) is 0 Å². The average Bonchev–Trinajstić information content (AvgIpc) is 2.50. The van der Waals surface area contributed by atoms with E-state index in [4.69, 9.17) is 0 Å². The van der Waals surface area contributed by atoms with E-state index in [0.29, 0.717) is 0 Å². The molecular weight excluding hydrogens is 182 g/mol. The summed E-state index contributed by atoms with van der Waals surface area (Å²) in [5.41, 5.74) is 1.11. The average molecular weight is 195 g/mol. The summed E-state index contributed by atoms with van der Waals surface area (Å²) in [4.78, 5) is 13.3. The molecule has 0 unspecified atom stereocenters. The maximum Gasteiger partial charge on any atom is 0.160 e. The molecule has 0 saturated heterocycles. The quantitative estimate of drug-likeness (QED) is 0.543. The highest BCUT2D eigenvalue weighted by atomic mass is 32.1. The lowest BCUT2D eigenvalue weighted by Crippen LogP contribution is -2.17. The fourth-order valence-electron chi connectivity index (χ4n) is 1.09. The van der Waals surface area contributed by atoms with Crippen LogP contribution in [0.15, 0.2) is 24.3 Å². The lowest BCUT2D eigenvalue weighted by atomic mass is 10.3. The van der Waals surface area contributed by atoms with Crippen LogP contribution in [0, 0.1) is 0 Å². The van der Waals surface area contributed by atoms with Crippen LogP contribution in [0.25, 0.3) is 0 Å². The van der Waals surface area contributed by atoms with Crippen molar-refractivity contribution in [3.05, 3.63) is 29.2 Å². The van der Waals surface area contributed by atoms with E-state index in [-0.39, 0.29) is 0 Å². The number of carbonyl (C=O) groups excluding carboxylic acids is 1. The summed E-state index contributed by atoms with van der Waals surface area (Å²) >= 11 is 1.50. The van der Waals surface area contributed by atoms with Gasteiger partial charge in [-0.3, -0.25) is 4.79 Å². The molecule has 0 radical (unpaired) electrons. The molecule has 0 amide bonds. The van der Waals surface area contributed by atoms with Gasteiger partial charge in [-0.2, -0.15) is 0 Å². The summed E-state index contributed by atoms with van der Waals surface area (Å²) in [6.07, 6.45) is 0.878. The van der Waals surface area contributed by atoms with Crippen molar-refractivity contribution < 1.29 is 4.79 Å². The second kappa shape index (κ2) is 4.23. The van der Waals surface area contributed by atoms with Gasteiger partial charge in [-0.05, 0) is 19.1 Å². The van der Waals surface area contributed by atoms with Crippen LogP contribution in [0.2, 0.25) is 0 Å². The van der Waals surface area contributed by atoms with Crippen LogP contribution in [0.1, 0.15) is 16.6 Å². The van der Waals surface area contributed by atoms with E-state index in [1.807, 2.05) is 26.1 Å². The first-order valence-electron chi connectivity index (χ1n) is 4.04. The third kappa shape index (κ3) is 2.70. The number of hydrogen-bond donors (Lipinski definition) is 0. The van der Waals surface area contributed by atoms with Gasteiger partial charge < -0.3 is 4.90 Å². The lowest BCUT2D eigenvalue weighted by Gasteiger charge is -2.16. The number of hydrogen-bond acceptors (Lipinski definition) is 3. The Balaban J connectivity index is 2.70. The molecule has 0 aliphatic heterocycles. The zero-order valence-corrected chi connectivity index (χ0v) is 8.73. The van der Waals surface area contributed by atoms with E-state index in [0.717, 1.165) is 28.3 Å². The van der Waals surface area contributed by atoms with Crippen LogP contribution in [0.4, 0.5) is 5.00 Å². The van der Waals surface area contributed by atoms with Crippen LogP contribution in [0.3, 0.4) is 0 Å². The van der Waals surface area contributed by atoms with E-state index in [1.54, 1.807) is 0 Å². The van der Waals surface area contributed by atoms with E-state index in [1.165, 1.54) is 11.3 Å². The number of anilines is 1. The molecule has 70 valence electrons. The SMILES string of the molecule is C=C(C)CN(C)c1ccc(C=O)s1. The number of aldehydes is 1. The van der Waals surface area contributed by atoms with Crippen molar-refractivity contribution in [2.75, 3.05) is 18.5 Å². The second-order valence-corrected chi connectivity index (χ2v) is 4.20. The van der Waals surface area contributed by atoms with Crippen molar-refractivity contribution in [1.29, 1.82) is 0 Å². The molecular formula is C10H13NOS. The molecule has 1 aromatic heterocycles. The van der Waals surface area contributed by atoms with Gasteiger partial charge in [-0.25, -0.2) is 0 Å². The third-order valence-corrected chi connectivity index (χ3v) is 2.74. The normalized spacial score (nSPS) is 9.69. The van der Waals surface area contributed by atoms with Crippen molar-refractivity contribution in [3.8, 4) is 0 Å². The minimum atomic E-state index is 0.767. The summed E-state index contributed by atoms with van der Waals surface area (Å²) in [5.74, 6) is 0. The smallest absolute Gasteiger partial charge is 0.160 e. The summed E-state index contributed by atoms with van der Waals surface area (Å²) in [5, 5.41) is 1.10. The van der Waals surface area contributed by atoms with Gasteiger partial charge in [0.05, 0.1) is 9.88 Å². The number of rotatable bonds is 4. The van der Waals surface area contributed by atoms with E-state index >= 15 is 0 Å². The molecule has 13 heavy (non-hydrogen) atoms. The summed E-state index contributed by atoms with van der Waals surface area (Å²) in [6.45, 7) is 6.66. The van der Waals surface area contributed by atoms with Crippen LogP contribution < -0.4 is 4.90 Å². The monoisotopic (exact) mass is 195 g/mol. The summed E-state index contributed by atoms with van der Waals surface area (Å²) in [7, 11) is 2.00. The van der Waals surface area contributed by atoms with E-state index in [9.17, 15) is 4.79 Å². The fourth-order valence-corrected chi connectivity index (χ4v) is 1.88. The molecule has 0 aromatic carbocycles. The van der Waals surface area contributed by atoms with Gasteiger partial charge in [-0.15, -0.1) is 11.3 Å². The molecule has 2 nitrogen and oxygen atoms in total. The number of thiophene rings is 1. The molecule has 0 atom stereocenters. The van der Waals surface area contributed by atoms with Gasteiger partial charge in [-0.1, -0.05) is 12.2 Å². The van der Waals surface area contributed by atoms with Crippen LogP contribution in [-0.2, 0) is 0 Å². The molecule has 1 rings (SSSR count). The molecule has 3 heteroatoms. The molecule has 1 aromatic rings. The molecule has 0 N–H and O–H groups in total. The van der Waals surface area contributed by atoms with Crippen LogP contribution >= 0.6 is 11.3 Å². The zero-order chi connectivity index (χ0) is 9.84. The Morgan fingerprint density at radius 1 is 1.69 bits per heavy atom. The van der Waals surface area contributed by atoms with E-state index < -0.39 is 0 Å². The molecule has 0 fully saturated rings. The first kappa shape index (κ1) is 9.99.